The Labute approximate surface area is 101 Å². The highest BCUT2D eigenvalue weighted by Crippen LogP contribution is 2.04. The highest BCUT2D eigenvalue weighted by Gasteiger charge is 2.07. The Balaban J connectivity index is 2.43. The van der Waals surface area contributed by atoms with Crippen molar-refractivity contribution in [3.05, 3.63) is 30.1 Å². The number of unbranched alkanes of at least 4 members (excludes halogenated alkanes) is 4. The maximum absolute atomic E-state index is 2.43. The molecule has 1 rings (SSSR count). The number of nitrogens with zero attached hydrogens (tertiary/aromatic N) is 1. The van der Waals surface area contributed by atoms with Crippen molar-refractivity contribution in [3.8, 4) is 0 Å². The number of aryl methyl sites for hydroxylation is 2. The van der Waals surface area contributed by atoms with Gasteiger partial charge in [0.05, 0.1) is 0 Å². The predicted molar refractivity (Wildman–Crippen MR) is 69.4 cm³/mol. The molecule has 0 saturated carbocycles. The number of rotatable bonds is 8. The largest absolute Gasteiger partial charge is 0.202 e. The molecule has 1 aromatic heterocycles. The summed E-state index contributed by atoms with van der Waals surface area (Å²) < 4.78 is 2.43. The predicted octanol–water partition coefficient (Wildman–Crippen LogP) is 3.90. The van der Waals surface area contributed by atoms with Crippen LogP contribution in [0.2, 0.25) is 0 Å². The Hall–Kier alpha value is -0.850. The third-order valence-corrected chi connectivity index (χ3v) is 3.07. The number of pyridine rings is 1. The third kappa shape index (κ3) is 4.78. The molecule has 1 nitrogen and oxygen atoms in total. The quantitative estimate of drug-likeness (QED) is 0.462. The summed E-state index contributed by atoms with van der Waals surface area (Å²) in [5.41, 5.74) is 1.51. The molecule has 0 N–H and O–H groups in total. The number of hydrogen-bond donors (Lipinski definition) is 0. The third-order valence-electron chi connectivity index (χ3n) is 3.07. The molecule has 0 radical (unpaired) electrons. The standard InChI is InChI=1S/C15H26N/c1-3-5-7-8-11-15-12-9-10-14-16(15)13-6-4-2/h9-10,12,14H,3-8,11,13H2,1-2H3/q+1. The molecule has 1 aromatic rings. The van der Waals surface area contributed by atoms with Crippen LogP contribution < -0.4 is 4.57 Å². The van der Waals surface area contributed by atoms with Crippen LogP contribution in [0.4, 0.5) is 0 Å². The first-order valence-electron chi connectivity index (χ1n) is 6.85. The van der Waals surface area contributed by atoms with E-state index in [1.807, 2.05) is 0 Å². The Bertz CT molecular complexity index is 281. The zero-order chi connectivity index (χ0) is 11.6. The van der Waals surface area contributed by atoms with Gasteiger partial charge in [0.1, 0.15) is 6.54 Å². The van der Waals surface area contributed by atoms with Crippen molar-refractivity contribution in [1.29, 1.82) is 0 Å². The fourth-order valence-electron chi connectivity index (χ4n) is 2.02. The summed E-state index contributed by atoms with van der Waals surface area (Å²) in [6.07, 6.45) is 11.4. The number of hydrogen-bond acceptors (Lipinski definition) is 0. The van der Waals surface area contributed by atoms with Gasteiger partial charge in [-0.15, -0.1) is 0 Å². The minimum Gasteiger partial charge on any atom is -0.202 e. The van der Waals surface area contributed by atoms with Crippen molar-refractivity contribution >= 4 is 0 Å². The molecule has 1 heteroatoms. The summed E-state index contributed by atoms with van der Waals surface area (Å²) in [6, 6.07) is 6.59. The van der Waals surface area contributed by atoms with Crippen molar-refractivity contribution < 1.29 is 4.57 Å². The molecule has 0 saturated heterocycles. The van der Waals surface area contributed by atoms with E-state index in [0.717, 1.165) is 0 Å². The van der Waals surface area contributed by atoms with E-state index in [1.165, 1.54) is 57.2 Å². The maximum Gasteiger partial charge on any atom is 0.181 e. The van der Waals surface area contributed by atoms with Crippen LogP contribution >= 0.6 is 0 Å². The fourth-order valence-corrected chi connectivity index (χ4v) is 2.02. The molecule has 90 valence electrons. The normalized spacial score (nSPS) is 10.6. The van der Waals surface area contributed by atoms with E-state index in [2.05, 4.69) is 42.8 Å². The van der Waals surface area contributed by atoms with Crippen LogP contribution in [0.5, 0.6) is 0 Å². The maximum atomic E-state index is 2.43. The highest BCUT2D eigenvalue weighted by molar-refractivity contribution is 4.97. The van der Waals surface area contributed by atoms with Crippen LogP contribution in [0, 0.1) is 0 Å². The van der Waals surface area contributed by atoms with E-state index in [1.54, 1.807) is 0 Å². The van der Waals surface area contributed by atoms with Gasteiger partial charge in [-0.05, 0) is 6.42 Å². The fraction of sp³-hybridized carbons (Fsp3) is 0.667. The number of aromatic nitrogens is 1. The van der Waals surface area contributed by atoms with Gasteiger partial charge in [-0.25, -0.2) is 4.57 Å². The van der Waals surface area contributed by atoms with Gasteiger partial charge in [0.15, 0.2) is 11.9 Å². The lowest BCUT2D eigenvalue weighted by Gasteiger charge is -2.03. The van der Waals surface area contributed by atoms with Gasteiger partial charge < -0.3 is 0 Å². The molecule has 0 spiro atoms. The van der Waals surface area contributed by atoms with Crippen molar-refractivity contribution in [2.75, 3.05) is 0 Å². The first-order chi connectivity index (χ1) is 7.88. The lowest BCUT2D eigenvalue weighted by Crippen LogP contribution is -2.37. The Morgan fingerprint density at radius 3 is 2.50 bits per heavy atom. The smallest absolute Gasteiger partial charge is 0.181 e. The monoisotopic (exact) mass is 220 g/mol. The van der Waals surface area contributed by atoms with E-state index in [9.17, 15) is 0 Å². The Morgan fingerprint density at radius 2 is 1.75 bits per heavy atom. The van der Waals surface area contributed by atoms with Crippen molar-refractivity contribution in [2.45, 2.75) is 65.3 Å². The second-order valence-corrected chi connectivity index (χ2v) is 4.55. The molecule has 0 unspecified atom stereocenters. The van der Waals surface area contributed by atoms with E-state index in [-0.39, 0.29) is 0 Å². The van der Waals surface area contributed by atoms with Crippen LogP contribution in [0.25, 0.3) is 0 Å². The van der Waals surface area contributed by atoms with Gasteiger partial charge in [-0.1, -0.05) is 45.6 Å². The molecule has 0 aliphatic heterocycles. The summed E-state index contributed by atoms with van der Waals surface area (Å²) in [7, 11) is 0. The van der Waals surface area contributed by atoms with Crippen LogP contribution in [-0.4, -0.2) is 0 Å². The molecule has 16 heavy (non-hydrogen) atoms. The minimum atomic E-state index is 1.18. The van der Waals surface area contributed by atoms with Gasteiger partial charge in [-0.3, -0.25) is 0 Å². The molecule has 0 aliphatic carbocycles. The lowest BCUT2D eigenvalue weighted by atomic mass is 10.1. The molecular formula is C15H26N+. The molecule has 0 amide bonds. The highest BCUT2D eigenvalue weighted by atomic mass is 14.9. The van der Waals surface area contributed by atoms with Gasteiger partial charge in [-0.2, -0.15) is 0 Å². The van der Waals surface area contributed by atoms with Gasteiger partial charge in [0.2, 0.25) is 0 Å². The SMILES string of the molecule is CCCCCCc1cccc[n+]1CCCC. The van der Waals surface area contributed by atoms with Crippen LogP contribution in [0.1, 0.15) is 58.1 Å². The summed E-state index contributed by atoms with van der Waals surface area (Å²) in [6.45, 7) is 5.70. The van der Waals surface area contributed by atoms with Crippen LogP contribution in [0.15, 0.2) is 24.4 Å². The van der Waals surface area contributed by atoms with E-state index < -0.39 is 0 Å². The van der Waals surface area contributed by atoms with E-state index in [4.69, 9.17) is 0 Å². The van der Waals surface area contributed by atoms with Crippen LogP contribution in [-0.2, 0) is 13.0 Å². The molecule has 0 bridgehead atoms. The molecule has 0 atom stereocenters. The van der Waals surface area contributed by atoms with Gasteiger partial charge in [0.25, 0.3) is 0 Å². The van der Waals surface area contributed by atoms with Gasteiger partial charge in [0, 0.05) is 25.0 Å². The van der Waals surface area contributed by atoms with E-state index in [0.29, 0.717) is 0 Å². The molecule has 0 aromatic carbocycles. The second-order valence-electron chi connectivity index (χ2n) is 4.55. The van der Waals surface area contributed by atoms with E-state index >= 15 is 0 Å². The summed E-state index contributed by atoms with van der Waals surface area (Å²) >= 11 is 0. The zero-order valence-electron chi connectivity index (χ0n) is 10.9. The minimum absolute atomic E-state index is 1.18. The Morgan fingerprint density at radius 1 is 0.938 bits per heavy atom. The molecule has 1 heterocycles. The van der Waals surface area contributed by atoms with Crippen LogP contribution in [0.3, 0.4) is 0 Å². The molecule has 0 aliphatic rings. The molecular weight excluding hydrogens is 194 g/mol. The first kappa shape index (κ1) is 13.2. The van der Waals surface area contributed by atoms with Crippen molar-refractivity contribution in [2.24, 2.45) is 0 Å². The second kappa shape index (κ2) is 8.32. The topological polar surface area (TPSA) is 3.88 Å². The van der Waals surface area contributed by atoms with Crippen molar-refractivity contribution in [3.63, 3.8) is 0 Å². The average Bonchev–Trinajstić information content (AvgIpc) is 2.33. The zero-order valence-corrected chi connectivity index (χ0v) is 10.9. The van der Waals surface area contributed by atoms with Gasteiger partial charge >= 0.3 is 0 Å². The first-order valence-corrected chi connectivity index (χ1v) is 6.85. The summed E-state index contributed by atoms with van der Waals surface area (Å²) in [5, 5.41) is 0. The summed E-state index contributed by atoms with van der Waals surface area (Å²) in [5.74, 6) is 0. The van der Waals surface area contributed by atoms with Crippen molar-refractivity contribution in [1.82, 2.24) is 0 Å². The Kier molecular flexibility index (Phi) is 6.87. The average molecular weight is 220 g/mol. The lowest BCUT2D eigenvalue weighted by molar-refractivity contribution is -0.704. The molecule has 0 fully saturated rings. The summed E-state index contributed by atoms with van der Waals surface area (Å²) in [4.78, 5) is 0.